The van der Waals surface area contributed by atoms with Crippen molar-refractivity contribution in [2.45, 2.75) is 13.0 Å². The standard InChI is InChI=1S/C13H13Cl2NS/c1-8-7-17-13(11(8)15)12(16-2)9-4-3-5-10(14)6-9/h3-7,12,16H,1-2H3. The average molecular weight is 286 g/mol. The van der Waals surface area contributed by atoms with Crippen molar-refractivity contribution >= 4 is 34.5 Å². The van der Waals surface area contributed by atoms with Crippen LogP contribution in [0.1, 0.15) is 22.0 Å². The second-order valence-electron chi connectivity index (χ2n) is 3.87. The summed E-state index contributed by atoms with van der Waals surface area (Å²) in [7, 11) is 1.93. The van der Waals surface area contributed by atoms with E-state index in [2.05, 4.69) is 16.8 Å². The van der Waals surface area contributed by atoms with Gasteiger partial charge in [0, 0.05) is 9.90 Å². The number of rotatable bonds is 3. The summed E-state index contributed by atoms with van der Waals surface area (Å²) in [5.41, 5.74) is 2.25. The summed E-state index contributed by atoms with van der Waals surface area (Å²) < 4.78 is 0. The summed E-state index contributed by atoms with van der Waals surface area (Å²) >= 11 is 14.0. The van der Waals surface area contributed by atoms with E-state index in [1.807, 2.05) is 32.2 Å². The third-order valence-corrected chi connectivity index (χ3v) is 4.67. The van der Waals surface area contributed by atoms with Crippen LogP contribution in [-0.4, -0.2) is 7.05 Å². The molecule has 90 valence electrons. The van der Waals surface area contributed by atoms with Crippen LogP contribution in [-0.2, 0) is 0 Å². The maximum atomic E-state index is 6.31. The van der Waals surface area contributed by atoms with Crippen molar-refractivity contribution in [1.29, 1.82) is 0 Å². The lowest BCUT2D eigenvalue weighted by molar-refractivity contribution is 0.704. The Hall–Kier alpha value is -0.540. The van der Waals surface area contributed by atoms with E-state index in [0.29, 0.717) is 0 Å². The molecule has 0 aliphatic carbocycles. The van der Waals surface area contributed by atoms with Gasteiger partial charge in [0.2, 0.25) is 0 Å². The Morgan fingerprint density at radius 1 is 1.29 bits per heavy atom. The van der Waals surface area contributed by atoms with Crippen LogP contribution in [0.2, 0.25) is 10.0 Å². The molecule has 0 radical (unpaired) electrons. The lowest BCUT2D eigenvalue weighted by atomic mass is 10.1. The first-order chi connectivity index (χ1) is 8.13. The largest absolute Gasteiger partial charge is 0.309 e. The summed E-state index contributed by atoms with van der Waals surface area (Å²) in [6.45, 7) is 2.02. The van der Waals surface area contributed by atoms with Gasteiger partial charge in [-0.25, -0.2) is 0 Å². The van der Waals surface area contributed by atoms with E-state index in [4.69, 9.17) is 23.2 Å². The molecule has 1 atom stereocenters. The zero-order chi connectivity index (χ0) is 12.4. The second-order valence-corrected chi connectivity index (χ2v) is 5.60. The minimum absolute atomic E-state index is 0.0971. The van der Waals surface area contributed by atoms with Crippen molar-refractivity contribution in [2.24, 2.45) is 0 Å². The molecular formula is C13H13Cl2NS. The number of aryl methyl sites for hydroxylation is 1. The van der Waals surface area contributed by atoms with Crippen molar-refractivity contribution in [3.05, 3.63) is 55.7 Å². The molecule has 0 aliphatic heterocycles. The summed E-state index contributed by atoms with van der Waals surface area (Å²) in [6.07, 6.45) is 0. The van der Waals surface area contributed by atoms with Gasteiger partial charge in [-0.2, -0.15) is 0 Å². The van der Waals surface area contributed by atoms with Gasteiger partial charge >= 0.3 is 0 Å². The zero-order valence-corrected chi connectivity index (χ0v) is 12.0. The quantitative estimate of drug-likeness (QED) is 0.864. The number of hydrogen-bond acceptors (Lipinski definition) is 2. The molecule has 1 aromatic heterocycles. The topological polar surface area (TPSA) is 12.0 Å². The van der Waals surface area contributed by atoms with Gasteiger partial charge in [-0.3, -0.25) is 0 Å². The normalized spacial score (nSPS) is 12.7. The molecule has 1 nitrogen and oxygen atoms in total. The van der Waals surface area contributed by atoms with Crippen LogP contribution in [0.15, 0.2) is 29.6 Å². The first-order valence-corrected chi connectivity index (χ1v) is 6.93. The third kappa shape index (κ3) is 2.66. The molecule has 0 amide bonds. The Morgan fingerprint density at radius 2 is 2.06 bits per heavy atom. The smallest absolute Gasteiger partial charge is 0.0684 e. The van der Waals surface area contributed by atoms with E-state index in [0.717, 1.165) is 26.0 Å². The van der Waals surface area contributed by atoms with Crippen molar-refractivity contribution < 1.29 is 0 Å². The number of benzene rings is 1. The molecule has 1 unspecified atom stereocenters. The van der Waals surface area contributed by atoms with Crippen molar-refractivity contribution in [1.82, 2.24) is 5.32 Å². The Morgan fingerprint density at radius 3 is 2.59 bits per heavy atom. The molecule has 0 saturated heterocycles. The van der Waals surface area contributed by atoms with Gasteiger partial charge in [0.15, 0.2) is 0 Å². The number of hydrogen-bond donors (Lipinski definition) is 1. The molecule has 0 saturated carbocycles. The second kappa shape index (κ2) is 5.40. The fourth-order valence-corrected chi connectivity index (χ4v) is 3.42. The Labute approximate surface area is 115 Å². The van der Waals surface area contributed by atoms with Crippen LogP contribution in [0, 0.1) is 6.92 Å². The molecule has 17 heavy (non-hydrogen) atoms. The Kier molecular flexibility index (Phi) is 4.10. The van der Waals surface area contributed by atoms with E-state index in [1.54, 1.807) is 11.3 Å². The summed E-state index contributed by atoms with van der Waals surface area (Å²) in [5, 5.41) is 6.94. The minimum atomic E-state index is 0.0971. The van der Waals surface area contributed by atoms with Crippen LogP contribution in [0.25, 0.3) is 0 Å². The summed E-state index contributed by atoms with van der Waals surface area (Å²) in [4.78, 5) is 1.13. The highest BCUT2D eigenvalue weighted by atomic mass is 35.5. The predicted molar refractivity (Wildman–Crippen MR) is 76.4 cm³/mol. The van der Waals surface area contributed by atoms with Gasteiger partial charge in [0.25, 0.3) is 0 Å². The number of nitrogens with one attached hydrogen (secondary N) is 1. The van der Waals surface area contributed by atoms with Crippen molar-refractivity contribution in [3.8, 4) is 0 Å². The molecule has 1 heterocycles. The zero-order valence-electron chi connectivity index (χ0n) is 9.63. The molecule has 0 aliphatic rings. The van der Waals surface area contributed by atoms with Crippen molar-refractivity contribution in [3.63, 3.8) is 0 Å². The molecule has 0 fully saturated rings. The van der Waals surface area contributed by atoms with Crippen LogP contribution >= 0.6 is 34.5 Å². The SMILES string of the molecule is CNC(c1cccc(Cl)c1)c1scc(C)c1Cl. The van der Waals surface area contributed by atoms with Gasteiger partial charge < -0.3 is 5.32 Å². The molecule has 1 aromatic carbocycles. The third-order valence-electron chi connectivity index (χ3n) is 2.66. The highest BCUT2D eigenvalue weighted by Gasteiger charge is 2.18. The van der Waals surface area contributed by atoms with Gasteiger partial charge in [-0.05, 0) is 42.6 Å². The minimum Gasteiger partial charge on any atom is -0.309 e. The molecule has 0 bridgehead atoms. The molecule has 1 N–H and O–H groups in total. The maximum absolute atomic E-state index is 6.31. The van der Waals surface area contributed by atoms with Gasteiger partial charge in [-0.15, -0.1) is 11.3 Å². The first kappa shape index (κ1) is 12.9. The first-order valence-electron chi connectivity index (χ1n) is 5.29. The van der Waals surface area contributed by atoms with Gasteiger partial charge in [0.1, 0.15) is 0 Å². The maximum Gasteiger partial charge on any atom is 0.0684 e. The molecule has 4 heteroatoms. The lowest BCUT2D eigenvalue weighted by Crippen LogP contribution is -2.16. The van der Waals surface area contributed by atoms with Crippen molar-refractivity contribution in [2.75, 3.05) is 7.05 Å². The fourth-order valence-electron chi connectivity index (χ4n) is 1.78. The van der Waals surface area contributed by atoms with E-state index in [9.17, 15) is 0 Å². The van der Waals surface area contributed by atoms with E-state index in [-0.39, 0.29) is 6.04 Å². The number of thiophene rings is 1. The van der Waals surface area contributed by atoms with Crippen LogP contribution in [0.3, 0.4) is 0 Å². The highest BCUT2D eigenvalue weighted by Crippen LogP contribution is 2.35. The average Bonchev–Trinajstić information content (AvgIpc) is 2.63. The summed E-state index contributed by atoms with van der Waals surface area (Å²) in [6, 6.07) is 7.95. The lowest BCUT2D eigenvalue weighted by Gasteiger charge is -2.16. The van der Waals surface area contributed by atoms with Crippen LogP contribution < -0.4 is 5.32 Å². The van der Waals surface area contributed by atoms with E-state index in [1.165, 1.54) is 0 Å². The Balaban J connectivity index is 2.44. The van der Waals surface area contributed by atoms with E-state index < -0.39 is 0 Å². The molecule has 0 spiro atoms. The molecular weight excluding hydrogens is 273 g/mol. The summed E-state index contributed by atoms with van der Waals surface area (Å²) in [5.74, 6) is 0. The predicted octanol–water partition coefficient (Wildman–Crippen LogP) is 4.67. The van der Waals surface area contributed by atoms with Crippen LogP contribution in [0.5, 0.6) is 0 Å². The fraction of sp³-hybridized carbons (Fsp3) is 0.231. The van der Waals surface area contributed by atoms with E-state index >= 15 is 0 Å². The molecule has 2 aromatic rings. The highest BCUT2D eigenvalue weighted by molar-refractivity contribution is 7.10. The van der Waals surface area contributed by atoms with Gasteiger partial charge in [0.05, 0.1) is 11.1 Å². The number of halogens is 2. The van der Waals surface area contributed by atoms with Crippen LogP contribution in [0.4, 0.5) is 0 Å². The van der Waals surface area contributed by atoms with Gasteiger partial charge in [-0.1, -0.05) is 35.3 Å². The Bertz CT molecular complexity index is 522. The monoisotopic (exact) mass is 285 g/mol. The molecule has 2 rings (SSSR count).